The highest BCUT2D eigenvalue weighted by Crippen LogP contribution is 2.09. The molecule has 0 aliphatic rings. The molecular formula is C10H13N5O. The number of aromatic nitrogens is 4. The molecular weight excluding hydrogens is 206 g/mol. The Morgan fingerprint density at radius 2 is 2.31 bits per heavy atom. The average Bonchev–Trinajstić information content (AvgIpc) is 2.72. The predicted octanol–water partition coefficient (Wildman–Crippen LogP) is 0.831. The molecule has 0 amide bonds. The number of hydrogen-bond acceptors (Lipinski definition) is 5. The van der Waals surface area contributed by atoms with Crippen LogP contribution in [0.15, 0.2) is 24.7 Å². The number of rotatable bonds is 4. The van der Waals surface area contributed by atoms with Crippen molar-refractivity contribution in [2.45, 2.75) is 6.54 Å². The van der Waals surface area contributed by atoms with Crippen LogP contribution in [0.3, 0.4) is 0 Å². The molecule has 0 aliphatic heterocycles. The van der Waals surface area contributed by atoms with Gasteiger partial charge in [-0.1, -0.05) is 0 Å². The highest BCUT2D eigenvalue weighted by atomic mass is 16.5. The highest BCUT2D eigenvalue weighted by Gasteiger charge is 2.00. The van der Waals surface area contributed by atoms with E-state index in [0.717, 1.165) is 5.69 Å². The lowest BCUT2D eigenvalue weighted by Crippen LogP contribution is -2.07. The van der Waals surface area contributed by atoms with E-state index in [1.165, 1.54) is 0 Å². The van der Waals surface area contributed by atoms with E-state index in [-0.39, 0.29) is 0 Å². The number of anilines is 1. The van der Waals surface area contributed by atoms with E-state index in [1.807, 2.05) is 13.1 Å². The van der Waals surface area contributed by atoms with Crippen molar-refractivity contribution < 1.29 is 4.74 Å². The van der Waals surface area contributed by atoms with Gasteiger partial charge < -0.3 is 10.1 Å². The number of nitrogens with zero attached hydrogens (tertiary/aromatic N) is 4. The Hall–Kier alpha value is -2.11. The Kier molecular flexibility index (Phi) is 3.00. The molecule has 16 heavy (non-hydrogen) atoms. The molecule has 0 aromatic carbocycles. The van der Waals surface area contributed by atoms with Gasteiger partial charge in [-0.15, -0.1) is 0 Å². The van der Waals surface area contributed by atoms with E-state index < -0.39 is 0 Å². The van der Waals surface area contributed by atoms with Crippen molar-refractivity contribution in [3.05, 3.63) is 30.4 Å². The van der Waals surface area contributed by atoms with Crippen molar-refractivity contribution in [3.63, 3.8) is 0 Å². The molecule has 0 bridgehead atoms. The SMILES string of the molecule is COc1cncc(NCc2ccnn2C)n1. The van der Waals surface area contributed by atoms with Gasteiger partial charge in [-0.2, -0.15) is 10.1 Å². The predicted molar refractivity (Wildman–Crippen MR) is 59.1 cm³/mol. The first kappa shape index (κ1) is 10.4. The highest BCUT2D eigenvalue weighted by molar-refractivity contribution is 5.33. The van der Waals surface area contributed by atoms with Crippen molar-refractivity contribution in [2.24, 2.45) is 7.05 Å². The molecule has 2 aromatic rings. The number of methoxy groups -OCH3 is 1. The van der Waals surface area contributed by atoms with Crippen molar-refractivity contribution in [2.75, 3.05) is 12.4 Å². The summed E-state index contributed by atoms with van der Waals surface area (Å²) < 4.78 is 6.79. The van der Waals surface area contributed by atoms with Gasteiger partial charge in [-0.3, -0.25) is 9.67 Å². The van der Waals surface area contributed by atoms with Gasteiger partial charge in [0, 0.05) is 13.2 Å². The number of ether oxygens (including phenoxy) is 1. The maximum absolute atomic E-state index is 4.98. The van der Waals surface area contributed by atoms with Gasteiger partial charge in [-0.05, 0) is 6.07 Å². The van der Waals surface area contributed by atoms with Crippen LogP contribution in [0.5, 0.6) is 5.88 Å². The lowest BCUT2D eigenvalue weighted by Gasteiger charge is -2.06. The molecule has 0 atom stereocenters. The molecule has 0 spiro atoms. The van der Waals surface area contributed by atoms with Crippen LogP contribution in [0.25, 0.3) is 0 Å². The third-order valence-electron chi connectivity index (χ3n) is 2.19. The molecule has 0 saturated heterocycles. The van der Waals surface area contributed by atoms with Gasteiger partial charge in [-0.25, -0.2) is 0 Å². The van der Waals surface area contributed by atoms with Crippen molar-refractivity contribution in [3.8, 4) is 5.88 Å². The summed E-state index contributed by atoms with van der Waals surface area (Å²) in [6.45, 7) is 0.651. The summed E-state index contributed by atoms with van der Waals surface area (Å²) in [6.07, 6.45) is 4.97. The van der Waals surface area contributed by atoms with Gasteiger partial charge in [0.05, 0.1) is 31.7 Å². The van der Waals surface area contributed by atoms with E-state index >= 15 is 0 Å². The van der Waals surface area contributed by atoms with Crippen LogP contribution in [0.1, 0.15) is 5.69 Å². The zero-order chi connectivity index (χ0) is 11.4. The number of aryl methyl sites for hydroxylation is 1. The summed E-state index contributed by atoms with van der Waals surface area (Å²) in [4.78, 5) is 8.20. The Labute approximate surface area is 93.3 Å². The second kappa shape index (κ2) is 4.61. The lowest BCUT2D eigenvalue weighted by atomic mass is 10.4. The molecule has 0 fully saturated rings. The van der Waals surface area contributed by atoms with Crippen LogP contribution in [0.4, 0.5) is 5.82 Å². The molecule has 6 nitrogen and oxygen atoms in total. The van der Waals surface area contributed by atoms with Gasteiger partial charge >= 0.3 is 0 Å². The summed E-state index contributed by atoms with van der Waals surface area (Å²) in [5, 5.41) is 7.23. The Morgan fingerprint density at radius 1 is 1.44 bits per heavy atom. The first-order valence-corrected chi connectivity index (χ1v) is 4.86. The second-order valence-corrected chi connectivity index (χ2v) is 3.25. The normalized spacial score (nSPS) is 10.1. The molecule has 0 saturated carbocycles. The van der Waals surface area contributed by atoms with Crippen LogP contribution >= 0.6 is 0 Å². The minimum atomic E-state index is 0.495. The summed E-state index contributed by atoms with van der Waals surface area (Å²) >= 11 is 0. The Balaban J connectivity index is 2.02. The molecule has 0 aliphatic carbocycles. The van der Waals surface area contributed by atoms with E-state index in [1.54, 1.807) is 30.4 Å². The van der Waals surface area contributed by atoms with Crippen LogP contribution in [0.2, 0.25) is 0 Å². The van der Waals surface area contributed by atoms with Gasteiger partial charge in [0.2, 0.25) is 5.88 Å². The van der Waals surface area contributed by atoms with Crippen LogP contribution < -0.4 is 10.1 Å². The maximum atomic E-state index is 4.98. The summed E-state index contributed by atoms with van der Waals surface area (Å²) in [6, 6.07) is 1.95. The minimum Gasteiger partial charge on any atom is -0.480 e. The zero-order valence-electron chi connectivity index (χ0n) is 9.21. The first-order valence-electron chi connectivity index (χ1n) is 4.86. The minimum absolute atomic E-state index is 0.495. The molecule has 84 valence electrons. The molecule has 0 radical (unpaired) electrons. The molecule has 2 rings (SSSR count). The smallest absolute Gasteiger partial charge is 0.233 e. The first-order chi connectivity index (χ1) is 7.79. The summed E-state index contributed by atoms with van der Waals surface area (Å²) in [5.74, 6) is 1.18. The van der Waals surface area contributed by atoms with E-state index in [2.05, 4.69) is 20.4 Å². The fraction of sp³-hybridized carbons (Fsp3) is 0.300. The largest absolute Gasteiger partial charge is 0.480 e. The van der Waals surface area contributed by atoms with Gasteiger partial charge in [0.25, 0.3) is 0 Å². The molecule has 2 heterocycles. The summed E-state index contributed by atoms with van der Waals surface area (Å²) in [5.41, 5.74) is 1.07. The van der Waals surface area contributed by atoms with Crippen molar-refractivity contribution >= 4 is 5.82 Å². The Bertz CT molecular complexity index is 468. The molecule has 2 aromatic heterocycles. The van der Waals surface area contributed by atoms with E-state index in [4.69, 9.17) is 4.74 Å². The number of hydrogen-bond donors (Lipinski definition) is 1. The van der Waals surface area contributed by atoms with Gasteiger partial charge in [0.15, 0.2) is 0 Å². The number of nitrogens with one attached hydrogen (secondary N) is 1. The average molecular weight is 219 g/mol. The lowest BCUT2D eigenvalue weighted by molar-refractivity contribution is 0.396. The molecule has 1 N–H and O–H groups in total. The summed E-state index contributed by atoms with van der Waals surface area (Å²) in [7, 11) is 3.46. The molecule has 0 unspecified atom stereocenters. The van der Waals surface area contributed by atoms with Gasteiger partial charge in [0.1, 0.15) is 5.82 Å². The maximum Gasteiger partial charge on any atom is 0.233 e. The topological polar surface area (TPSA) is 64.9 Å². The second-order valence-electron chi connectivity index (χ2n) is 3.25. The van der Waals surface area contributed by atoms with E-state index in [0.29, 0.717) is 18.2 Å². The zero-order valence-corrected chi connectivity index (χ0v) is 9.21. The fourth-order valence-electron chi connectivity index (χ4n) is 1.29. The van der Waals surface area contributed by atoms with Crippen molar-refractivity contribution in [1.82, 2.24) is 19.7 Å². The van der Waals surface area contributed by atoms with Crippen molar-refractivity contribution in [1.29, 1.82) is 0 Å². The monoisotopic (exact) mass is 219 g/mol. The van der Waals surface area contributed by atoms with Crippen LogP contribution in [-0.4, -0.2) is 26.9 Å². The Morgan fingerprint density at radius 3 is 3.00 bits per heavy atom. The van der Waals surface area contributed by atoms with Crippen LogP contribution in [-0.2, 0) is 13.6 Å². The standard InChI is InChI=1S/C10H13N5O/c1-15-8(3-4-13-15)5-12-9-6-11-7-10(14-9)16-2/h3-4,6-7H,5H2,1-2H3,(H,12,14). The third kappa shape index (κ3) is 2.28. The third-order valence-corrected chi connectivity index (χ3v) is 2.19. The molecule has 6 heteroatoms. The fourth-order valence-corrected chi connectivity index (χ4v) is 1.29. The van der Waals surface area contributed by atoms with E-state index in [9.17, 15) is 0 Å². The van der Waals surface area contributed by atoms with Crippen LogP contribution in [0, 0.1) is 0 Å². The quantitative estimate of drug-likeness (QED) is 0.825.